The Morgan fingerprint density at radius 1 is 1.05 bits per heavy atom. The van der Waals surface area contributed by atoms with Crippen LogP contribution in [0.3, 0.4) is 0 Å². The predicted molar refractivity (Wildman–Crippen MR) is 144 cm³/mol. The molecule has 37 heavy (non-hydrogen) atoms. The molecule has 0 saturated carbocycles. The lowest BCUT2D eigenvalue weighted by atomic mass is 10.1. The first-order valence-corrected chi connectivity index (χ1v) is 12.5. The maximum Gasteiger partial charge on any atom is 0.270 e. The minimum Gasteiger partial charge on any atom is -0.329 e. The van der Waals surface area contributed by atoms with Crippen LogP contribution < -0.4 is 5.56 Å². The second kappa shape index (κ2) is 11.2. The number of carbonyl (C=O) groups is 1. The van der Waals surface area contributed by atoms with Gasteiger partial charge in [0, 0.05) is 24.2 Å². The fraction of sp³-hybridized carbons (Fsp3) is 0.276. The largest absolute Gasteiger partial charge is 0.329 e. The van der Waals surface area contributed by atoms with Crippen molar-refractivity contribution in [2.45, 2.75) is 46.1 Å². The summed E-state index contributed by atoms with van der Waals surface area (Å²) in [6.45, 7) is 6.33. The van der Waals surface area contributed by atoms with Gasteiger partial charge in [0.15, 0.2) is 0 Å². The lowest BCUT2D eigenvalue weighted by Gasteiger charge is -2.31. The van der Waals surface area contributed by atoms with E-state index >= 15 is 0 Å². The number of nitro groups is 1. The number of nitro benzene ring substituents is 1. The van der Waals surface area contributed by atoms with E-state index in [1.165, 1.54) is 18.2 Å². The molecule has 0 aliphatic rings. The molecule has 4 aromatic rings. The molecule has 4 rings (SSSR count). The van der Waals surface area contributed by atoms with Gasteiger partial charge in [-0.1, -0.05) is 56.7 Å². The van der Waals surface area contributed by atoms with Crippen molar-refractivity contribution >= 4 is 22.5 Å². The highest BCUT2D eigenvalue weighted by Gasteiger charge is 2.28. The van der Waals surface area contributed by atoms with Crippen LogP contribution in [0.5, 0.6) is 0 Å². The van der Waals surface area contributed by atoms with Gasteiger partial charge in [0.25, 0.3) is 17.2 Å². The van der Waals surface area contributed by atoms with E-state index in [9.17, 15) is 19.7 Å². The number of nitrogens with zero attached hydrogens (tertiary/aromatic N) is 4. The Labute approximate surface area is 215 Å². The number of aryl methyl sites for hydroxylation is 1. The van der Waals surface area contributed by atoms with Gasteiger partial charge < -0.3 is 4.90 Å². The molecule has 0 N–H and O–H groups in total. The van der Waals surface area contributed by atoms with Crippen LogP contribution in [0.25, 0.3) is 16.6 Å². The molecule has 0 bridgehead atoms. The average Bonchev–Trinajstić information content (AvgIpc) is 2.93. The Bertz CT molecular complexity index is 1510. The summed E-state index contributed by atoms with van der Waals surface area (Å²) >= 11 is 0. The second-order valence-corrected chi connectivity index (χ2v) is 8.95. The monoisotopic (exact) mass is 498 g/mol. The first kappa shape index (κ1) is 25.8. The predicted octanol–water partition coefficient (Wildman–Crippen LogP) is 5.86. The summed E-state index contributed by atoms with van der Waals surface area (Å²) in [6.07, 6.45) is 2.30. The van der Waals surface area contributed by atoms with E-state index in [1.807, 2.05) is 57.2 Å². The number of para-hydroxylation sites is 2. The Hall–Kier alpha value is -4.33. The Balaban J connectivity index is 1.92. The highest BCUT2D eigenvalue weighted by Crippen LogP contribution is 2.27. The average molecular weight is 499 g/mol. The SMILES string of the molecule is CCCCN(C(=O)c1cccc([N+](=O)[O-])c1)C(C)c1nc2ccccc2c(=O)n1-c1ccccc1CC. The molecule has 1 aromatic heterocycles. The lowest BCUT2D eigenvalue weighted by Crippen LogP contribution is -2.38. The molecule has 1 heterocycles. The third kappa shape index (κ3) is 5.14. The van der Waals surface area contributed by atoms with Gasteiger partial charge in [-0.3, -0.25) is 24.3 Å². The summed E-state index contributed by atoms with van der Waals surface area (Å²) in [4.78, 5) is 45.0. The summed E-state index contributed by atoms with van der Waals surface area (Å²) in [7, 11) is 0. The standard InChI is InChI=1S/C29H30N4O4/c1-4-6-18-31(28(34)22-13-11-14-23(19-22)33(36)37)20(3)27-30-25-16-9-8-15-24(25)29(35)32(27)26-17-10-7-12-21(26)5-2/h7-17,19-20H,4-6,18H2,1-3H3. The first-order valence-electron chi connectivity index (χ1n) is 12.5. The number of hydrogen-bond acceptors (Lipinski definition) is 5. The molecule has 0 spiro atoms. The van der Waals surface area contributed by atoms with Gasteiger partial charge in [0.05, 0.1) is 27.6 Å². The van der Waals surface area contributed by atoms with Crippen molar-refractivity contribution in [1.82, 2.24) is 14.5 Å². The number of benzene rings is 3. The summed E-state index contributed by atoms with van der Waals surface area (Å²) in [5.41, 5.74) is 2.14. The molecular formula is C29H30N4O4. The fourth-order valence-corrected chi connectivity index (χ4v) is 4.55. The number of carbonyl (C=O) groups excluding carboxylic acids is 1. The number of fused-ring (bicyclic) bond motifs is 1. The molecule has 190 valence electrons. The highest BCUT2D eigenvalue weighted by molar-refractivity contribution is 5.95. The summed E-state index contributed by atoms with van der Waals surface area (Å²) in [6, 6.07) is 20.0. The summed E-state index contributed by atoms with van der Waals surface area (Å²) < 4.78 is 1.62. The molecule has 8 nitrogen and oxygen atoms in total. The van der Waals surface area contributed by atoms with Crippen molar-refractivity contribution in [2.75, 3.05) is 6.54 Å². The van der Waals surface area contributed by atoms with Gasteiger partial charge >= 0.3 is 0 Å². The number of amides is 1. The van der Waals surface area contributed by atoms with Crippen LogP contribution in [0.2, 0.25) is 0 Å². The van der Waals surface area contributed by atoms with Gasteiger partial charge in [-0.25, -0.2) is 4.98 Å². The van der Waals surface area contributed by atoms with Crippen molar-refractivity contribution in [3.8, 4) is 5.69 Å². The number of rotatable bonds is 9. The topological polar surface area (TPSA) is 98.3 Å². The molecule has 8 heteroatoms. The van der Waals surface area contributed by atoms with Crippen LogP contribution in [0.15, 0.2) is 77.6 Å². The maximum atomic E-state index is 13.9. The zero-order valence-corrected chi connectivity index (χ0v) is 21.3. The molecule has 0 saturated heterocycles. The van der Waals surface area contributed by atoms with Crippen LogP contribution in [0.1, 0.15) is 61.4 Å². The van der Waals surface area contributed by atoms with E-state index in [4.69, 9.17) is 4.98 Å². The van der Waals surface area contributed by atoms with E-state index in [0.717, 1.165) is 30.5 Å². The molecular weight excluding hydrogens is 468 g/mol. The smallest absolute Gasteiger partial charge is 0.270 e. The van der Waals surface area contributed by atoms with Gasteiger partial charge in [0.1, 0.15) is 5.82 Å². The third-order valence-corrected chi connectivity index (χ3v) is 6.57. The van der Waals surface area contributed by atoms with Crippen LogP contribution in [-0.4, -0.2) is 31.8 Å². The van der Waals surface area contributed by atoms with Crippen LogP contribution in [0, 0.1) is 10.1 Å². The number of hydrogen-bond donors (Lipinski definition) is 0. The molecule has 0 radical (unpaired) electrons. The molecule has 0 aliphatic heterocycles. The zero-order valence-electron chi connectivity index (χ0n) is 21.3. The van der Waals surface area contributed by atoms with Gasteiger partial charge in [-0.2, -0.15) is 0 Å². The number of non-ortho nitro benzene ring substituents is 1. The molecule has 0 fully saturated rings. The van der Waals surface area contributed by atoms with E-state index in [-0.39, 0.29) is 22.7 Å². The summed E-state index contributed by atoms with van der Waals surface area (Å²) in [5, 5.41) is 11.8. The fourth-order valence-electron chi connectivity index (χ4n) is 4.55. The minimum atomic E-state index is -0.583. The van der Waals surface area contributed by atoms with Crippen molar-refractivity contribution in [2.24, 2.45) is 0 Å². The van der Waals surface area contributed by atoms with E-state index < -0.39 is 11.0 Å². The van der Waals surface area contributed by atoms with Gasteiger partial charge in [0.2, 0.25) is 0 Å². The van der Waals surface area contributed by atoms with Crippen molar-refractivity contribution in [3.05, 3.63) is 110 Å². The Kier molecular flexibility index (Phi) is 7.77. The minimum absolute atomic E-state index is 0.147. The quantitative estimate of drug-likeness (QED) is 0.213. The number of unbranched alkanes of at least 4 members (excludes halogenated alkanes) is 1. The second-order valence-electron chi connectivity index (χ2n) is 8.95. The lowest BCUT2D eigenvalue weighted by molar-refractivity contribution is -0.384. The van der Waals surface area contributed by atoms with Gasteiger partial charge in [-0.05, 0) is 49.6 Å². The Morgan fingerprint density at radius 3 is 2.51 bits per heavy atom. The molecule has 0 aliphatic carbocycles. The van der Waals surface area contributed by atoms with Gasteiger partial charge in [-0.15, -0.1) is 0 Å². The summed E-state index contributed by atoms with van der Waals surface area (Å²) in [5.74, 6) is 0.0990. The molecule has 3 aromatic carbocycles. The normalized spacial score (nSPS) is 11.9. The van der Waals surface area contributed by atoms with Crippen molar-refractivity contribution < 1.29 is 9.72 Å². The van der Waals surface area contributed by atoms with Crippen LogP contribution >= 0.6 is 0 Å². The highest BCUT2D eigenvalue weighted by atomic mass is 16.6. The Morgan fingerprint density at radius 2 is 1.78 bits per heavy atom. The third-order valence-electron chi connectivity index (χ3n) is 6.57. The van der Waals surface area contributed by atoms with E-state index in [2.05, 4.69) is 0 Å². The number of aromatic nitrogens is 2. The van der Waals surface area contributed by atoms with Crippen molar-refractivity contribution in [1.29, 1.82) is 0 Å². The van der Waals surface area contributed by atoms with E-state index in [0.29, 0.717) is 23.3 Å². The molecule has 1 amide bonds. The van der Waals surface area contributed by atoms with Crippen molar-refractivity contribution in [3.63, 3.8) is 0 Å². The molecule has 1 unspecified atom stereocenters. The zero-order chi connectivity index (χ0) is 26.5. The van der Waals surface area contributed by atoms with E-state index in [1.54, 1.807) is 27.7 Å². The maximum absolute atomic E-state index is 13.9. The first-order chi connectivity index (χ1) is 17.9. The molecule has 1 atom stereocenters. The van der Waals surface area contributed by atoms with Crippen LogP contribution in [0.4, 0.5) is 5.69 Å². The van der Waals surface area contributed by atoms with Crippen LogP contribution in [-0.2, 0) is 6.42 Å².